The standard InChI is InChI=1S/C19H16F2N4O4/c1-11-16(17(26)22-13-5-3-4-12(10-13)18(27)28-2)23-24-25(11)14-6-8-15(9-7-14)29-19(20)21/h3-10,19H,1-2H3,(H,22,26). The first-order valence-corrected chi connectivity index (χ1v) is 8.36. The predicted octanol–water partition coefficient (Wildman–Crippen LogP) is 3.22. The second kappa shape index (κ2) is 8.46. The molecule has 0 aliphatic heterocycles. The third kappa shape index (κ3) is 4.54. The molecule has 0 aliphatic rings. The van der Waals surface area contributed by atoms with Gasteiger partial charge in [-0.15, -0.1) is 5.10 Å². The molecule has 2 aromatic carbocycles. The summed E-state index contributed by atoms with van der Waals surface area (Å²) in [6.45, 7) is -1.27. The number of amides is 1. The lowest BCUT2D eigenvalue weighted by atomic mass is 10.2. The van der Waals surface area contributed by atoms with Crippen molar-refractivity contribution in [2.45, 2.75) is 13.5 Å². The van der Waals surface area contributed by atoms with Crippen molar-refractivity contribution in [3.05, 3.63) is 65.5 Å². The fourth-order valence-electron chi connectivity index (χ4n) is 2.59. The van der Waals surface area contributed by atoms with E-state index in [4.69, 9.17) is 0 Å². The molecule has 29 heavy (non-hydrogen) atoms. The molecule has 0 unspecified atom stereocenters. The van der Waals surface area contributed by atoms with E-state index in [1.165, 1.54) is 42.1 Å². The van der Waals surface area contributed by atoms with Gasteiger partial charge in [0.1, 0.15) is 5.75 Å². The molecule has 1 heterocycles. The van der Waals surface area contributed by atoms with E-state index in [0.717, 1.165) is 0 Å². The van der Waals surface area contributed by atoms with Crippen LogP contribution in [0, 0.1) is 6.92 Å². The molecular weight excluding hydrogens is 386 g/mol. The zero-order valence-electron chi connectivity index (χ0n) is 15.4. The molecule has 10 heteroatoms. The summed E-state index contributed by atoms with van der Waals surface area (Å²) in [5.74, 6) is -1.04. The minimum Gasteiger partial charge on any atom is -0.465 e. The monoisotopic (exact) mass is 402 g/mol. The van der Waals surface area contributed by atoms with Crippen molar-refractivity contribution in [2.24, 2.45) is 0 Å². The summed E-state index contributed by atoms with van der Waals surface area (Å²) < 4.78 is 34.9. The van der Waals surface area contributed by atoms with Crippen molar-refractivity contribution in [1.82, 2.24) is 15.0 Å². The number of hydrogen-bond acceptors (Lipinski definition) is 6. The van der Waals surface area contributed by atoms with Crippen molar-refractivity contribution < 1.29 is 27.8 Å². The zero-order chi connectivity index (χ0) is 21.0. The van der Waals surface area contributed by atoms with Gasteiger partial charge in [0.25, 0.3) is 5.91 Å². The number of anilines is 1. The number of methoxy groups -OCH3 is 1. The summed E-state index contributed by atoms with van der Waals surface area (Å²) in [6, 6.07) is 12.0. The van der Waals surface area contributed by atoms with Gasteiger partial charge in [-0.3, -0.25) is 4.79 Å². The summed E-state index contributed by atoms with van der Waals surface area (Å²) in [7, 11) is 1.27. The van der Waals surface area contributed by atoms with Gasteiger partial charge in [-0.1, -0.05) is 11.3 Å². The molecule has 8 nitrogen and oxygen atoms in total. The van der Waals surface area contributed by atoms with Crippen molar-refractivity contribution in [3.8, 4) is 11.4 Å². The average molecular weight is 402 g/mol. The number of nitrogens with zero attached hydrogens (tertiary/aromatic N) is 3. The van der Waals surface area contributed by atoms with E-state index < -0.39 is 18.5 Å². The third-order valence-electron chi connectivity index (χ3n) is 3.96. The summed E-state index contributed by atoms with van der Waals surface area (Å²) >= 11 is 0. The number of hydrogen-bond donors (Lipinski definition) is 1. The SMILES string of the molecule is COC(=O)c1cccc(NC(=O)c2nnn(-c3ccc(OC(F)F)cc3)c2C)c1. The first kappa shape index (κ1) is 19.9. The Hall–Kier alpha value is -3.82. The Morgan fingerprint density at radius 2 is 1.86 bits per heavy atom. The average Bonchev–Trinajstić information content (AvgIpc) is 3.09. The fraction of sp³-hybridized carbons (Fsp3) is 0.158. The van der Waals surface area contributed by atoms with Gasteiger partial charge in [0.05, 0.1) is 24.1 Å². The summed E-state index contributed by atoms with van der Waals surface area (Å²) in [5.41, 5.74) is 1.70. The van der Waals surface area contributed by atoms with Gasteiger partial charge in [0.15, 0.2) is 5.69 Å². The van der Waals surface area contributed by atoms with Crippen LogP contribution in [0.15, 0.2) is 48.5 Å². The summed E-state index contributed by atoms with van der Waals surface area (Å²) in [6.07, 6.45) is 0. The van der Waals surface area contributed by atoms with Gasteiger partial charge >= 0.3 is 12.6 Å². The van der Waals surface area contributed by atoms with Crippen molar-refractivity contribution >= 4 is 17.6 Å². The van der Waals surface area contributed by atoms with Gasteiger partial charge < -0.3 is 14.8 Å². The molecule has 0 saturated carbocycles. The highest BCUT2D eigenvalue weighted by Crippen LogP contribution is 2.19. The highest BCUT2D eigenvalue weighted by atomic mass is 19.3. The van der Waals surface area contributed by atoms with Gasteiger partial charge in [-0.25, -0.2) is 9.48 Å². The number of alkyl halides is 2. The molecule has 0 aliphatic carbocycles. The fourth-order valence-corrected chi connectivity index (χ4v) is 2.59. The maximum absolute atomic E-state index is 12.6. The molecule has 0 atom stereocenters. The van der Waals surface area contributed by atoms with E-state index in [1.54, 1.807) is 25.1 Å². The quantitative estimate of drug-likeness (QED) is 0.636. The number of halogens is 2. The van der Waals surface area contributed by atoms with Crippen LogP contribution in [-0.4, -0.2) is 40.6 Å². The van der Waals surface area contributed by atoms with Crippen LogP contribution in [0.3, 0.4) is 0 Å². The maximum atomic E-state index is 12.6. The van der Waals surface area contributed by atoms with Crippen LogP contribution in [0.4, 0.5) is 14.5 Å². The highest BCUT2D eigenvalue weighted by Gasteiger charge is 2.18. The number of aromatic nitrogens is 3. The van der Waals surface area contributed by atoms with Crippen molar-refractivity contribution in [2.75, 3.05) is 12.4 Å². The number of rotatable bonds is 6. The van der Waals surface area contributed by atoms with Crippen LogP contribution < -0.4 is 10.1 Å². The van der Waals surface area contributed by atoms with Crippen LogP contribution in [0.5, 0.6) is 5.75 Å². The molecule has 0 radical (unpaired) electrons. The van der Waals surface area contributed by atoms with E-state index in [2.05, 4.69) is 25.1 Å². The van der Waals surface area contributed by atoms with E-state index in [9.17, 15) is 18.4 Å². The molecule has 0 bridgehead atoms. The number of carbonyl (C=O) groups is 2. The topological polar surface area (TPSA) is 95.3 Å². The van der Waals surface area contributed by atoms with Gasteiger partial charge in [0.2, 0.25) is 0 Å². The summed E-state index contributed by atoms with van der Waals surface area (Å²) in [4.78, 5) is 24.2. The Labute approximate surface area is 164 Å². The van der Waals surface area contributed by atoms with Crippen LogP contribution >= 0.6 is 0 Å². The van der Waals surface area contributed by atoms with Crippen LogP contribution in [0.25, 0.3) is 5.69 Å². The zero-order valence-corrected chi connectivity index (χ0v) is 15.4. The number of benzene rings is 2. The van der Waals surface area contributed by atoms with Crippen LogP contribution in [-0.2, 0) is 4.74 Å². The minimum atomic E-state index is -2.91. The van der Waals surface area contributed by atoms with Gasteiger partial charge in [-0.2, -0.15) is 8.78 Å². The first-order valence-electron chi connectivity index (χ1n) is 8.36. The molecule has 0 fully saturated rings. The van der Waals surface area contributed by atoms with E-state index in [1.807, 2.05) is 0 Å². The second-order valence-corrected chi connectivity index (χ2v) is 5.83. The van der Waals surface area contributed by atoms with Crippen LogP contribution in [0.1, 0.15) is 26.5 Å². The van der Waals surface area contributed by atoms with Gasteiger partial charge in [0, 0.05) is 5.69 Å². The molecule has 1 aromatic heterocycles. The van der Waals surface area contributed by atoms with Crippen LogP contribution in [0.2, 0.25) is 0 Å². The van der Waals surface area contributed by atoms with E-state index in [0.29, 0.717) is 17.1 Å². The number of ether oxygens (including phenoxy) is 2. The minimum absolute atomic E-state index is 0.00460. The number of esters is 1. The normalized spacial score (nSPS) is 10.7. The Morgan fingerprint density at radius 3 is 2.52 bits per heavy atom. The number of carbonyl (C=O) groups excluding carboxylic acids is 2. The molecule has 1 amide bonds. The molecule has 0 saturated heterocycles. The first-order chi connectivity index (χ1) is 13.9. The number of nitrogens with one attached hydrogen (secondary N) is 1. The molecule has 1 N–H and O–H groups in total. The van der Waals surface area contributed by atoms with E-state index >= 15 is 0 Å². The summed E-state index contributed by atoms with van der Waals surface area (Å²) in [5, 5.41) is 10.5. The van der Waals surface area contributed by atoms with Crippen molar-refractivity contribution in [1.29, 1.82) is 0 Å². The lowest BCUT2D eigenvalue weighted by Crippen LogP contribution is -2.14. The lowest BCUT2D eigenvalue weighted by Gasteiger charge is -2.07. The lowest BCUT2D eigenvalue weighted by molar-refractivity contribution is -0.0498. The molecule has 3 rings (SSSR count). The highest BCUT2D eigenvalue weighted by molar-refractivity contribution is 6.04. The van der Waals surface area contributed by atoms with Crippen molar-refractivity contribution in [3.63, 3.8) is 0 Å². The van der Waals surface area contributed by atoms with Gasteiger partial charge in [-0.05, 0) is 49.4 Å². The third-order valence-corrected chi connectivity index (χ3v) is 3.96. The Balaban J connectivity index is 1.78. The Bertz CT molecular complexity index is 1030. The Morgan fingerprint density at radius 1 is 1.14 bits per heavy atom. The molecule has 150 valence electrons. The molecule has 0 spiro atoms. The molecule has 3 aromatic rings. The predicted molar refractivity (Wildman–Crippen MR) is 98.5 cm³/mol. The largest absolute Gasteiger partial charge is 0.465 e. The van der Waals surface area contributed by atoms with E-state index in [-0.39, 0.29) is 17.0 Å². The maximum Gasteiger partial charge on any atom is 0.387 e. The second-order valence-electron chi connectivity index (χ2n) is 5.83. The Kier molecular flexibility index (Phi) is 5.82. The molecular formula is C19H16F2N4O4. The smallest absolute Gasteiger partial charge is 0.387 e.